The van der Waals surface area contributed by atoms with Crippen LogP contribution >= 0.6 is 22.9 Å². The minimum Gasteiger partial charge on any atom is -0.357 e. The molecule has 0 amide bonds. The van der Waals surface area contributed by atoms with Crippen molar-refractivity contribution >= 4 is 38.9 Å². The Morgan fingerprint density at radius 1 is 1.31 bits per heavy atom. The van der Waals surface area contributed by atoms with Crippen LogP contribution in [-0.4, -0.2) is 39.0 Å². The molecule has 142 valence electrons. The molecule has 2 aromatic rings. The highest BCUT2D eigenvalue weighted by Gasteiger charge is 2.13. The van der Waals surface area contributed by atoms with Crippen molar-refractivity contribution in [3.63, 3.8) is 0 Å². The number of aromatic nitrogens is 1. The van der Waals surface area contributed by atoms with E-state index in [0.717, 1.165) is 9.88 Å². The summed E-state index contributed by atoms with van der Waals surface area (Å²) in [6, 6.07) is 6.15. The zero-order chi connectivity index (χ0) is 19.0. The number of aryl methyl sites for hydroxylation is 1. The molecule has 0 atom stereocenters. The Hall–Kier alpha value is -1.68. The molecule has 1 aromatic heterocycles. The molecule has 1 aromatic carbocycles. The molecule has 0 fully saturated rings. The number of guanidine groups is 1. The number of halogens is 1. The van der Waals surface area contributed by atoms with Crippen molar-refractivity contribution in [2.75, 3.05) is 19.6 Å². The Kier molecular flexibility index (Phi) is 7.83. The molecule has 0 saturated heterocycles. The number of hydrogen-bond donors (Lipinski definition) is 3. The Bertz CT molecular complexity index is 852. The summed E-state index contributed by atoms with van der Waals surface area (Å²) in [6.45, 7) is 5.75. The SMILES string of the molecule is CCNC(=NCc1ncc(C)s1)NCCNS(=O)(=O)c1cccc(Cl)c1. The van der Waals surface area contributed by atoms with Crippen molar-refractivity contribution in [3.05, 3.63) is 45.4 Å². The zero-order valence-corrected chi connectivity index (χ0v) is 17.0. The fourth-order valence-corrected chi connectivity index (χ4v) is 4.09. The molecular formula is C16H22ClN5O2S2. The number of aliphatic imine (C=N–C) groups is 1. The molecule has 0 bridgehead atoms. The van der Waals surface area contributed by atoms with Gasteiger partial charge < -0.3 is 10.6 Å². The molecule has 10 heteroatoms. The molecule has 2 rings (SSSR count). The summed E-state index contributed by atoms with van der Waals surface area (Å²) in [4.78, 5) is 10.0. The van der Waals surface area contributed by atoms with Crippen molar-refractivity contribution in [1.29, 1.82) is 0 Å². The lowest BCUT2D eigenvalue weighted by atomic mass is 10.4. The first-order chi connectivity index (χ1) is 12.4. The first-order valence-corrected chi connectivity index (χ1v) is 10.8. The molecule has 0 spiro atoms. The van der Waals surface area contributed by atoms with E-state index in [-0.39, 0.29) is 11.4 Å². The fourth-order valence-electron chi connectivity index (χ4n) is 2.05. The van der Waals surface area contributed by atoms with Crippen LogP contribution in [0.25, 0.3) is 0 Å². The van der Waals surface area contributed by atoms with Gasteiger partial charge in [0.1, 0.15) is 5.01 Å². The summed E-state index contributed by atoms with van der Waals surface area (Å²) < 4.78 is 27.0. The smallest absolute Gasteiger partial charge is 0.240 e. The third kappa shape index (κ3) is 6.56. The summed E-state index contributed by atoms with van der Waals surface area (Å²) in [5, 5.41) is 7.52. The molecule has 26 heavy (non-hydrogen) atoms. The van der Waals surface area contributed by atoms with Gasteiger partial charge in [0, 0.05) is 35.7 Å². The summed E-state index contributed by atoms with van der Waals surface area (Å²) in [5.74, 6) is 0.613. The van der Waals surface area contributed by atoms with Gasteiger partial charge in [0.15, 0.2) is 5.96 Å². The second-order valence-corrected chi connectivity index (χ2v) is 8.86. The standard InChI is InChI=1S/C16H22ClN5O2S2/c1-3-18-16(21-11-15-20-10-12(2)25-15)19-7-8-22-26(23,24)14-6-4-5-13(17)9-14/h4-6,9-10,22H,3,7-8,11H2,1-2H3,(H2,18,19,21). The number of nitrogens with zero attached hydrogens (tertiary/aromatic N) is 2. The van der Waals surface area contributed by atoms with Gasteiger partial charge in [-0.15, -0.1) is 11.3 Å². The largest absolute Gasteiger partial charge is 0.357 e. The maximum absolute atomic E-state index is 12.2. The van der Waals surface area contributed by atoms with Crippen LogP contribution in [-0.2, 0) is 16.6 Å². The Morgan fingerprint density at radius 2 is 2.12 bits per heavy atom. The molecular weight excluding hydrogens is 394 g/mol. The summed E-state index contributed by atoms with van der Waals surface area (Å²) in [6.07, 6.45) is 1.82. The molecule has 3 N–H and O–H groups in total. The monoisotopic (exact) mass is 415 g/mol. The second-order valence-electron chi connectivity index (χ2n) is 5.34. The van der Waals surface area contributed by atoms with Crippen LogP contribution in [0.3, 0.4) is 0 Å². The number of nitrogens with one attached hydrogen (secondary N) is 3. The lowest BCUT2D eigenvalue weighted by molar-refractivity contribution is 0.580. The average molecular weight is 416 g/mol. The molecule has 0 aliphatic carbocycles. The molecule has 0 saturated carbocycles. The highest BCUT2D eigenvalue weighted by molar-refractivity contribution is 7.89. The van der Waals surface area contributed by atoms with E-state index in [1.54, 1.807) is 23.5 Å². The van der Waals surface area contributed by atoms with Gasteiger partial charge in [-0.1, -0.05) is 17.7 Å². The van der Waals surface area contributed by atoms with Crippen molar-refractivity contribution in [1.82, 2.24) is 20.3 Å². The van der Waals surface area contributed by atoms with E-state index < -0.39 is 10.0 Å². The van der Waals surface area contributed by atoms with Crippen molar-refractivity contribution in [2.45, 2.75) is 25.3 Å². The van der Waals surface area contributed by atoms with E-state index in [1.807, 2.05) is 20.0 Å². The number of benzene rings is 1. The van der Waals surface area contributed by atoms with Gasteiger partial charge in [-0.25, -0.2) is 23.1 Å². The number of thiazole rings is 1. The van der Waals surface area contributed by atoms with Gasteiger partial charge in [-0.3, -0.25) is 0 Å². The summed E-state index contributed by atoms with van der Waals surface area (Å²) >= 11 is 7.44. The van der Waals surface area contributed by atoms with Crippen LogP contribution in [0.5, 0.6) is 0 Å². The molecule has 0 unspecified atom stereocenters. The van der Waals surface area contributed by atoms with Gasteiger partial charge in [0.2, 0.25) is 10.0 Å². The van der Waals surface area contributed by atoms with E-state index in [4.69, 9.17) is 11.6 Å². The van der Waals surface area contributed by atoms with Gasteiger partial charge in [0.05, 0.1) is 11.4 Å². The van der Waals surface area contributed by atoms with Crippen molar-refractivity contribution in [2.24, 2.45) is 4.99 Å². The first kappa shape index (κ1) is 20.6. The Balaban J connectivity index is 1.85. The van der Waals surface area contributed by atoms with E-state index in [0.29, 0.717) is 30.6 Å². The number of sulfonamides is 1. The summed E-state index contributed by atoms with van der Waals surface area (Å²) in [5.41, 5.74) is 0. The molecule has 1 heterocycles. The van der Waals surface area contributed by atoms with Crippen LogP contribution in [0.1, 0.15) is 16.8 Å². The van der Waals surface area contributed by atoms with E-state index in [9.17, 15) is 8.42 Å². The molecule has 0 aliphatic rings. The highest BCUT2D eigenvalue weighted by atomic mass is 35.5. The van der Waals surface area contributed by atoms with Crippen LogP contribution in [0.15, 0.2) is 40.4 Å². The topological polar surface area (TPSA) is 95.5 Å². The maximum Gasteiger partial charge on any atom is 0.240 e. The van der Waals surface area contributed by atoms with Gasteiger partial charge in [0.25, 0.3) is 0 Å². The second kappa shape index (κ2) is 9.86. The van der Waals surface area contributed by atoms with Crippen LogP contribution in [0.2, 0.25) is 5.02 Å². The average Bonchev–Trinajstić information content (AvgIpc) is 3.02. The predicted molar refractivity (Wildman–Crippen MR) is 106 cm³/mol. The van der Waals surface area contributed by atoms with Gasteiger partial charge in [-0.05, 0) is 32.0 Å². The van der Waals surface area contributed by atoms with E-state index in [1.165, 1.54) is 12.1 Å². The molecule has 7 nitrogen and oxygen atoms in total. The van der Waals surface area contributed by atoms with Crippen molar-refractivity contribution in [3.8, 4) is 0 Å². The Labute approximate surface area is 163 Å². The van der Waals surface area contributed by atoms with E-state index >= 15 is 0 Å². The molecule has 0 radical (unpaired) electrons. The van der Waals surface area contributed by atoms with Crippen LogP contribution < -0.4 is 15.4 Å². The predicted octanol–water partition coefficient (Wildman–Crippen LogP) is 2.14. The van der Waals surface area contributed by atoms with Crippen LogP contribution in [0, 0.1) is 6.92 Å². The van der Waals surface area contributed by atoms with Gasteiger partial charge in [-0.2, -0.15) is 0 Å². The lowest BCUT2D eigenvalue weighted by Crippen LogP contribution is -2.41. The lowest BCUT2D eigenvalue weighted by Gasteiger charge is -2.12. The quantitative estimate of drug-likeness (QED) is 0.349. The Morgan fingerprint density at radius 3 is 2.77 bits per heavy atom. The fraction of sp³-hybridized carbons (Fsp3) is 0.375. The highest BCUT2D eigenvalue weighted by Crippen LogP contribution is 2.15. The first-order valence-electron chi connectivity index (χ1n) is 8.09. The third-order valence-electron chi connectivity index (χ3n) is 3.20. The normalized spacial score (nSPS) is 12.2. The minimum absolute atomic E-state index is 0.143. The maximum atomic E-state index is 12.2. The zero-order valence-electron chi connectivity index (χ0n) is 14.6. The van der Waals surface area contributed by atoms with Gasteiger partial charge >= 0.3 is 0 Å². The third-order valence-corrected chi connectivity index (χ3v) is 5.79. The summed E-state index contributed by atoms with van der Waals surface area (Å²) in [7, 11) is -3.59. The number of rotatable bonds is 8. The van der Waals surface area contributed by atoms with Crippen molar-refractivity contribution < 1.29 is 8.42 Å². The van der Waals surface area contributed by atoms with Crippen LogP contribution in [0.4, 0.5) is 0 Å². The number of hydrogen-bond acceptors (Lipinski definition) is 5. The minimum atomic E-state index is -3.59. The van der Waals surface area contributed by atoms with E-state index in [2.05, 4.69) is 25.3 Å². The molecule has 0 aliphatic heterocycles.